The number of nitriles is 1. The molecule has 1 heterocycles. The first-order chi connectivity index (χ1) is 12.1. The second-order valence-corrected chi connectivity index (χ2v) is 7.62. The van der Waals surface area contributed by atoms with Crippen LogP contribution in [0.2, 0.25) is 0 Å². The first-order valence-corrected chi connectivity index (χ1v) is 9.28. The SMILES string of the molecule is C[NH+](CC(=O)Nc1sc2c(c1C#N)CCCC2)Cc1cccc(F)c1. The van der Waals surface area contributed by atoms with Crippen molar-refractivity contribution in [2.24, 2.45) is 0 Å². The summed E-state index contributed by atoms with van der Waals surface area (Å²) >= 11 is 1.53. The Morgan fingerprint density at radius 3 is 2.96 bits per heavy atom. The second kappa shape index (κ2) is 7.77. The minimum Gasteiger partial charge on any atom is -0.326 e. The highest BCUT2D eigenvalue weighted by atomic mass is 32.1. The number of benzene rings is 1. The largest absolute Gasteiger partial charge is 0.326 e. The van der Waals surface area contributed by atoms with Crippen molar-refractivity contribution in [2.45, 2.75) is 32.2 Å². The molecule has 6 heteroatoms. The van der Waals surface area contributed by atoms with Gasteiger partial charge in [-0.3, -0.25) is 4.79 Å². The Morgan fingerprint density at radius 1 is 1.40 bits per heavy atom. The van der Waals surface area contributed by atoms with Gasteiger partial charge in [0.2, 0.25) is 0 Å². The molecule has 3 rings (SSSR count). The minimum absolute atomic E-state index is 0.121. The molecule has 0 aliphatic heterocycles. The molecule has 0 spiro atoms. The molecule has 1 aliphatic rings. The van der Waals surface area contributed by atoms with E-state index in [9.17, 15) is 14.4 Å². The molecule has 0 saturated carbocycles. The fourth-order valence-corrected chi connectivity index (χ4v) is 4.53. The molecule has 4 nitrogen and oxygen atoms in total. The maximum absolute atomic E-state index is 13.2. The zero-order valence-electron chi connectivity index (χ0n) is 14.2. The molecule has 1 aromatic carbocycles. The van der Waals surface area contributed by atoms with Crippen molar-refractivity contribution in [3.05, 3.63) is 51.7 Å². The minimum atomic E-state index is -0.266. The number of anilines is 1. The summed E-state index contributed by atoms with van der Waals surface area (Å²) < 4.78 is 13.2. The van der Waals surface area contributed by atoms with Gasteiger partial charge in [-0.25, -0.2) is 4.39 Å². The van der Waals surface area contributed by atoms with Crippen LogP contribution in [0.5, 0.6) is 0 Å². The number of thiophene rings is 1. The molecule has 1 unspecified atom stereocenters. The van der Waals surface area contributed by atoms with Gasteiger partial charge in [0.05, 0.1) is 12.6 Å². The number of likely N-dealkylation sites (N-methyl/N-ethyl adjacent to an activating group) is 1. The maximum atomic E-state index is 13.2. The Hall–Kier alpha value is -2.23. The molecule has 1 atom stereocenters. The predicted molar refractivity (Wildman–Crippen MR) is 96.2 cm³/mol. The van der Waals surface area contributed by atoms with Gasteiger partial charge in [0, 0.05) is 10.4 Å². The van der Waals surface area contributed by atoms with Crippen molar-refractivity contribution >= 4 is 22.2 Å². The lowest BCUT2D eigenvalue weighted by molar-refractivity contribution is -0.885. The topological polar surface area (TPSA) is 57.3 Å². The van der Waals surface area contributed by atoms with E-state index in [1.54, 1.807) is 6.07 Å². The number of amides is 1. The third-order valence-electron chi connectivity index (χ3n) is 4.39. The summed E-state index contributed by atoms with van der Waals surface area (Å²) in [7, 11) is 1.90. The van der Waals surface area contributed by atoms with E-state index < -0.39 is 0 Å². The van der Waals surface area contributed by atoms with Gasteiger partial charge in [-0.2, -0.15) is 5.26 Å². The number of hydrogen-bond acceptors (Lipinski definition) is 3. The van der Waals surface area contributed by atoms with E-state index in [2.05, 4.69) is 11.4 Å². The first-order valence-electron chi connectivity index (χ1n) is 8.47. The highest BCUT2D eigenvalue weighted by Gasteiger charge is 2.22. The highest BCUT2D eigenvalue weighted by molar-refractivity contribution is 7.16. The summed E-state index contributed by atoms with van der Waals surface area (Å²) in [6.45, 7) is 0.835. The van der Waals surface area contributed by atoms with Crippen molar-refractivity contribution in [3.8, 4) is 6.07 Å². The lowest BCUT2D eigenvalue weighted by Crippen LogP contribution is -3.08. The molecule has 130 valence electrons. The van der Waals surface area contributed by atoms with Crippen LogP contribution in [0.3, 0.4) is 0 Å². The highest BCUT2D eigenvalue weighted by Crippen LogP contribution is 2.37. The molecule has 25 heavy (non-hydrogen) atoms. The number of aryl methyl sites for hydroxylation is 1. The second-order valence-electron chi connectivity index (χ2n) is 6.52. The van der Waals surface area contributed by atoms with Gasteiger partial charge in [-0.1, -0.05) is 12.1 Å². The van der Waals surface area contributed by atoms with Crippen LogP contribution in [0.15, 0.2) is 24.3 Å². The van der Waals surface area contributed by atoms with E-state index in [1.807, 2.05) is 13.1 Å². The summed E-state index contributed by atoms with van der Waals surface area (Å²) in [4.78, 5) is 14.5. The summed E-state index contributed by atoms with van der Waals surface area (Å²) in [6, 6.07) is 8.68. The summed E-state index contributed by atoms with van der Waals surface area (Å²) in [5.74, 6) is -0.387. The molecule has 2 N–H and O–H groups in total. The van der Waals surface area contributed by atoms with E-state index >= 15 is 0 Å². The molecular weight excluding hydrogens is 337 g/mol. The zero-order chi connectivity index (χ0) is 17.8. The Balaban J connectivity index is 1.63. The number of halogens is 1. The Kier molecular flexibility index (Phi) is 5.47. The van der Waals surface area contributed by atoms with Crippen LogP contribution in [-0.2, 0) is 24.2 Å². The quantitative estimate of drug-likeness (QED) is 0.862. The molecule has 0 saturated heterocycles. The van der Waals surface area contributed by atoms with Crippen molar-refractivity contribution in [1.82, 2.24) is 0 Å². The van der Waals surface area contributed by atoms with E-state index in [4.69, 9.17) is 0 Å². The van der Waals surface area contributed by atoms with Crippen LogP contribution < -0.4 is 10.2 Å². The van der Waals surface area contributed by atoms with Crippen LogP contribution >= 0.6 is 11.3 Å². The number of nitrogens with zero attached hydrogens (tertiary/aromatic N) is 1. The number of quaternary nitrogens is 1. The molecule has 1 aromatic heterocycles. The molecule has 0 bridgehead atoms. The predicted octanol–water partition coefficient (Wildman–Crippen LogP) is 2.29. The molecular formula is C19H21FN3OS+. The Bertz CT molecular complexity index is 825. The first kappa shape index (κ1) is 17.6. The van der Waals surface area contributed by atoms with Crippen molar-refractivity contribution < 1.29 is 14.1 Å². The van der Waals surface area contributed by atoms with Crippen molar-refractivity contribution in [1.29, 1.82) is 5.26 Å². The van der Waals surface area contributed by atoms with E-state index in [1.165, 1.54) is 28.3 Å². The summed E-state index contributed by atoms with van der Waals surface area (Å²) in [5.41, 5.74) is 2.61. The smallest absolute Gasteiger partial charge is 0.280 e. The molecule has 1 amide bonds. The van der Waals surface area contributed by atoms with Gasteiger partial charge >= 0.3 is 0 Å². The van der Waals surface area contributed by atoms with E-state index in [0.717, 1.165) is 41.7 Å². The fourth-order valence-electron chi connectivity index (χ4n) is 3.28. The molecule has 1 aliphatic carbocycles. The lowest BCUT2D eigenvalue weighted by Gasteiger charge is -2.13. The molecule has 0 radical (unpaired) electrons. The van der Waals surface area contributed by atoms with Crippen LogP contribution in [0.1, 0.15) is 34.4 Å². The van der Waals surface area contributed by atoms with Crippen LogP contribution in [0.4, 0.5) is 9.39 Å². The van der Waals surface area contributed by atoms with Gasteiger partial charge in [0.25, 0.3) is 5.91 Å². The average molecular weight is 358 g/mol. The van der Waals surface area contributed by atoms with Crippen LogP contribution in [0.25, 0.3) is 0 Å². The number of nitrogens with one attached hydrogen (secondary N) is 2. The fraction of sp³-hybridized carbons (Fsp3) is 0.368. The number of carbonyl (C=O) groups is 1. The number of rotatable bonds is 5. The summed E-state index contributed by atoms with van der Waals surface area (Å²) in [5, 5.41) is 13.0. The van der Waals surface area contributed by atoms with Gasteiger partial charge in [0.15, 0.2) is 6.54 Å². The zero-order valence-corrected chi connectivity index (χ0v) is 15.0. The molecule has 0 fully saturated rings. The third-order valence-corrected chi connectivity index (χ3v) is 5.60. The average Bonchev–Trinajstić information content (AvgIpc) is 2.91. The van der Waals surface area contributed by atoms with Gasteiger partial charge in [-0.15, -0.1) is 11.3 Å². The standard InChI is InChI=1S/C19H20FN3OS/c1-23(11-13-5-4-6-14(20)9-13)12-18(24)22-19-16(10-21)15-7-2-3-8-17(15)25-19/h4-6,9H,2-3,7-8,11-12H2,1H3,(H,22,24)/p+1. The van der Waals surface area contributed by atoms with Gasteiger partial charge < -0.3 is 10.2 Å². The van der Waals surface area contributed by atoms with Gasteiger partial charge in [0.1, 0.15) is 23.4 Å². The van der Waals surface area contributed by atoms with Crippen LogP contribution in [0, 0.1) is 17.1 Å². The van der Waals surface area contributed by atoms with E-state index in [0.29, 0.717) is 17.1 Å². The molecule has 2 aromatic rings. The van der Waals surface area contributed by atoms with Crippen molar-refractivity contribution in [3.63, 3.8) is 0 Å². The maximum Gasteiger partial charge on any atom is 0.280 e. The Labute approximate surface area is 150 Å². The van der Waals surface area contributed by atoms with Crippen molar-refractivity contribution in [2.75, 3.05) is 18.9 Å². The van der Waals surface area contributed by atoms with Crippen LogP contribution in [-0.4, -0.2) is 19.5 Å². The number of fused-ring (bicyclic) bond motifs is 1. The monoisotopic (exact) mass is 358 g/mol. The normalized spacial score (nSPS) is 14.4. The Morgan fingerprint density at radius 2 is 2.20 bits per heavy atom. The summed E-state index contributed by atoms with van der Waals surface area (Å²) in [6.07, 6.45) is 4.17. The lowest BCUT2D eigenvalue weighted by atomic mass is 9.96. The number of hydrogen-bond donors (Lipinski definition) is 2. The van der Waals surface area contributed by atoms with E-state index in [-0.39, 0.29) is 18.3 Å². The number of carbonyl (C=O) groups excluding carboxylic acids is 1. The van der Waals surface area contributed by atoms with Gasteiger partial charge in [-0.05, 0) is 43.4 Å². The third kappa shape index (κ3) is 4.25.